The van der Waals surface area contributed by atoms with Crippen LogP contribution in [-0.4, -0.2) is 217 Å². The molecule has 35 nitrogen and oxygen atoms in total. The highest BCUT2D eigenvalue weighted by Gasteiger charge is 2.39. The van der Waals surface area contributed by atoms with Crippen molar-refractivity contribution in [3.63, 3.8) is 0 Å². The summed E-state index contributed by atoms with van der Waals surface area (Å²) in [4.78, 5) is 107. The topological polar surface area (TPSA) is 431 Å². The molecule has 5 heterocycles. The van der Waals surface area contributed by atoms with Crippen LogP contribution in [-0.2, 0) is 70.3 Å². The largest absolute Gasteiger partial charge is 0.465 e. The number of aliphatic hydroxyl groups is 2. The predicted octanol–water partition coefficient (Wildman–Crippen LogP) is 5.71. The lowest BCUT2D eigenvalue weighted by Crippen LogP contribution is -2.51. The van der Waals surface area contributed by atoms with Gasteiger partial charge in [0.2, 0.25) is 11.8 Å². The van der Waals surface area contributed by atoms with Crippen LogP contribution in [0, 0.1) is 0 Å². The van der Waals surface area contributed by atoms with Crippen LogP contribution in [0.4, 0.5) is 14.4 Å². The normalized spacial score (nSPS) is 16.3. The second-order valence-electron chi connectivity index (χ2n) is 25.5. The molecule has 3 saturated heterocycles. The molecule has 5 aromatic rings. The number of hydrogen-bond acceptors (Lipinski definition) is 27. The Kier molecular flexibility index (Phi) is 37.2. The quantitative estimate of drug-likeness (QED) is 0.0173. The fraction of sp³-hybridized carbons (Fsp3) is 0.554. The van der Waals surface area contributed by atoms with Gasteiger partial charge in [0.1, 0.15) is 53.6 Å². The van der Waals surface area contributed by atoms with E-state index in [1.54, 1.807) is 150 Å². The van der Waals surface area contributed by atoms with Gasteiger partial charge in [-0.3, -0.25) is 34.4 Å². The minimum atomic E-state index is -1.36. The molecule has 3 fully saturated rings. The zero-order valence-corrected chi connectivity index (χ0v) is 64.7. The Hall–Kier alpha value is -8.27. The number of ether oxygens (including phenoxy) is 6. The van der Waals surface area contributed by atoms with Crippen molar-refractivity contribution in [2.45, 2.75) is 181 Å². The minimum Gasteiger partial charge on any atom is -0.465 e. The van der Waals surface area contributed by atoms with Crippen LogP contribution in [0.2, 0.25) is 10.0 Å². The smallest absolute Gasteiger partial charge is 0.424 e. The molecule has 0 unspecified atom stereocenters. The van der Waals surface area contributed by atoms with E-state index in [4.69, 9.17) is 52.0 Å². The lowest BCUT2D eigenvalue weighted by molar-refractivity contribution is -0.153. The molecule has 0 saturated carbocycles. The number of nitrogens with one attached hydrogen (secondary N) is 7. The van der Waals surface area contributed by atoms with Gasteiger partial charge in [-0.15, -0.1) is 10.2 Å². The first-order chi connectivity index (χ1) is 49.1. The highest BCUT2D eigenvalue weighted by atomic mass is 79.9. The van der Waals surface area contributed by atoms with E-state index in [0.29, 0.717) is 115 Å². The molecule has 0 spiro atoms. The van der Waals surface area contributed by atoms with Crippen LogP contribution in [0.5, 0.6) is 0 Å². The van der Waals surface area contributed by atoms with Crippen molar-refractivity contribution in [1.82, 2.24) is 93.2 Å². The number of esters is 3. The fourth-order valence-corrected chi connectivity index (χ4v) is 10.4. The summed E-state index contributed by atoms with van der Waals surface area (Å²) in [6, 6.07) is 16.7. The average Bonchev–Trinajstić information content (AvgIpc) is 1.58. The summed E-state index contributed by atoms with van der Waals surface area (Å²) in [5.74, 6) is -2.44. The first-order valence-electron chi connectivity index (χ1n) is 33.1. The average molecular weight is 1630 g/mol. The number of halogens is 4. The Morgan fingerprint density at radius 1 is 0.615 bits per heavy atom. The van der Waals surface area contributed by atoms with Gasteiger partial charge in [0.25, 0.3) is 5.91 Å². The number of tetrazole rings is 2. The van der Waals surface area contributed by atoms with Gasteiger partial charge in [-0.2, -0.15) is 0 Å². The van der Waals surface area contributed by atoms with Crippen molar-refractivity contribution >= 4 is 109 Å². The third-order valence-electron chi connectivity index (χ3n) is 13.8. The zero-order valence-electron chi connectivity index (χ0n) is 60.0. The first kappa shape index (κ1) is 88.1. The van der Waals surface area contributed by atoms with Gasteiger partial charge in [-0.25, -0.2) is 60.3 Å². The van der Waals surface area contributed by atoms with Gasteiger partial charge >= 0.3 is 36.2 Å². The second-order valence-corrected chi connectivity index (χ2v) is 27.9. The summed E-state index contributed by atoms with van der Waals surface area (Å²) in [5.41, 5.74) is 15.1. The Labute approximate surface area is 629 Å². The zero-order chi connectivity index (χ0) is 77.3. The predicted molar refractivity (Wildman–Crippen MR) is 385 cm³/mol. The van der Waals surface area contributed by atoms with E-state index < -0.39 is 89.3 Å². The maximum Gasteiger partial charge on any atom is 0.424 e. The monoisotopic (exact) mass is 1630 g/mol. The molecule has 3 aromatic carbocycles. The molecule has 574 valence electrons. The lowest BCUT2D eigenvalue weighted by atomic mass is 10.1. The van der Waals surface area contributed by atoms with Crippen LogP contribution < -0.4 is 37.8 Å². The Bertz CT molecular complexity index is 3540. The third kappa shape index (κ3) is 31.2. The van der Waals surface area contributed by atoms with Gasteiger partial charge in [-0.05, 0) is 189 Å². The maximum absolute atomic E-state index is 12.9. The molecule has 6 amide bonds. The SMILES string of the molecule is CC(C)(C)OC(=O)N1CC[C@@H](C(=O)NCc2cc(Cl)ccc2-n2cnnn2)N1.CCOC(=O)[C@@H]1CCN(C(=O)OC(C)(C)C)N1.CCOC(=O)[C@H](CCBr)NNC(=O)OC(C)(C)C.CCOC(=O)[C@H](O)CCBr.O=C(NCc1cc(Cl)ccc1-n1cnnn1)[C@@H]1CCNN1C(=O)[C@H](O)c1ccccc1. The number of alkyl halides is 2. The van der Waals surface area contributed by atoms with Crippen LogP contribution in [0.25, 0.3) is 11.4 Å². The van der Waals surface area contributed by atoms with E-state index in [1.165, 1.54) is 37.0 Å². The molecule has 8 rings (SSSR count). The van der Waals surface area contributed by atoms with Crippen LogP contribution in [0.3, 0.4) is 0 Å². The summed E-state index contributed by atoms with van der Waals surface area (Å²) in [6.45, 7) is 23.8. The van der Waals surface area contributed by atoms with Gasteiger partial charge in [0.05, 0.1) is 31.2 Å². The molecule has 3 aliphatic rings. The van der Waals surface area contributed by atoms with Crippen molar-refractivity contribution in [2.75, 3.05) is 50.1 Å². The molecule has 39 heteroatoms. The number of rotatable bonds is 22. The fourth-order valence-electron chi connectivity index (χ4n) is 9.12. The molecule has 9 N–H and O–H groups in total. The Morgan fingerprint density at radius 2 is 1.10 bits per heavy atom. The number of hydrazine groups is 4. The minimum absolute atomic E-state index is 0.161. The number of carbonyl (C=O) groups is 9. The molecular weight excluding hydrogens is 1540 g/mol. The van der Waals surface area contributed by atoms with E-state index in [-0.39, 0.29) is 30.9 Å². The second kappa shape index (κ2) is 43.9. The first-order valence-corrected chi connectivity index (χ1v) is 36.1. The molecule has 6 atom stereocenters. The number of amides is 6. The number of nitrogens with zero attached hydrogens (tertiary/aromatic N) is 11. The van der Waals surface area contributed by atoms with Crippen LogP contribution >= 0.6 is 55.1 Å². The number of carbonyl (C=O) groups excluding carboxylic acids is 9. The van der Waals surface area contributed by atoms with Gasteiger partial charge in [0.15, 0.2) is 12.2 Å². The Morgan fingerprint density at radius 3 is 1.57 bits per heavy atom. The van der Waals surface area contributed by atoms with Crippen molar-refractivity contribution in [1.29, 1.82) is 0 Å². The highest BCUT2D eigenvalue weighted by molar-refractivity contribution is 9.09. The van der Waals surface area contributed by atoms with Crippen LogP contribution in [0.1, 0.15) is 138 Å². The number of aliphatic hydroxyl groups excluding tert-OH is 2. The van der Waals surface area contributed by atoms with Gasteiger partial charge in [-0.1, -0.05) is 85.4 Å². The van der Waals surface area contributed by atoms with E-state index in [2.05, 4.69) is 105 Å². The van der Waals surface area contributed by atoms with Crippen molar-refractivity contribution in [2.24, 2.45) is 0 Å². The molecular formula is C65H94Br2Cl2N18O17. The van der Waals surface area contributed by atoms with E-state index in [0.717, 1.165) is 5.56 Å². The van der Waals surface area contributed by atoms with Crippen molar-refractivity contribution in [3.8, 4) is 11.4 Å². The number of aromatic nitrogens is 8. The summed E-state index contributed by atoms with van der Waals surface area (Å²) in [5, 5.41) is 53.4. The summed E-state index contributed by atoms with van der Waals surface area (Å²) >= 11 is 18.5. The van der Waals surface area contributed by atoms with E-state index in [9.17, 15) is 48.3 Å². The third-order valence-corrected chi connectivity index (χ3v) is 15.1. The lowest BCUT2D eigenvalue weighted by Gasteiger charge is -2.26. The summed E-state index contributed by atoms with van der Waals surface area (Å²) < 4.78 is 32.8. The van der Waals surface area contributed by atoms with Gasteiger partial charge in [0, 0.05) is 53.4 Å². The summed E-state index contributed by atoms with van der Waals surface area (Å²) in [7, 11) is 0. The number of hydrogen-bond donors (Lipinski definition) is 9. The Balaban J connectivity index is 0.000000289. The van der Waals surface area contributed by atoms with Crippen molar-refractivity contribution < 1.29 is 81.8 Å². The highest BCUT2D eigenvalue weighted by Crippen LogP contribution is 2.24. The number of benzene rings is 3. The molecule has 3 aliphatic heterocycles. The molecule has 104 heavy (non-hydrogen) atoms. The molecule has 0 aliphatic carbocycles. The standard InChI is InChI=1S/C20H20ClN7O3.C17H22ClN7O3.C11H21BrN2O4.C11H20N2O4.C6H11BrO3/c21-15-6-7-16(27-12-23-25-26-27)14(10-15)11-22-19(30)17-8-9-24-28(17)20(31)18(29)13-4-2-1-3-5-13;1-17(2,3)28-16(27)24-7-6-13(21-24)15(26)19-9-11-8-12(18)4-5-14(11)25-10-20-22-23-25;1-5-17-9(15)8(6-7-12)13-14-10(16)18-11(2,3)4;1-5-16-9(14)8-6-7-13(12-8)10(15)17-11(2,3)4;1-2-10-6(9)5(8)3-4-7/h1-7,10,12,17-18,24,29H,8-9,11H2,(H,22,30);4-5,8,10,13,21H,6-7,9H2,1-3H3,(H,19,26);8,13H,5-7H2,1-4H3,(H,14,16);8,12H,5-7H2,1-4H3;5,8H,2-4H2,1H3/t17-,18+;13-;2*8-;5-/m00001/s1. The van der Waals surface area contributed by atoms with E-state index >= 15 is 0 Å². The molecule has 0 bridgehead atoms. The van der Waals surface area contributed by atoms with Gasteiger partial charge < -0.3 is 49.3 Å². The maximum atomic E-state index is 12.9. The van der Waals surface area contributed by atoms with Crippen LogP contribution in [0.15, 0.2) is 79.4 Å². The molecule has 2 aromatic heterocycles. The molecule has 0 radical (unpaired) electrons. The summed E-state index contributed by atoms with van der Waals surface area (Å²) in [6.07, 6.45) is 1.32. The van der Waals surface area contributed by atoms with Crippen molar-refractivity contribution in [3.05, 3.63) is 106 Å². The van der Waals surface area contributed by atoms with E-state index in [1.807, 2.05) is 0 Å².